The average molecular weight is 312 g/mol. The van der Waals surface area contributed by atoms with Crippen LogP contribution in [0.3, 0.4) is 0 Å². The fourth-order valence-electron chi connectivity index (χ4n) is 2.77. The Morgan fingerprint density at radius 1 is 1.29 bits per heavy atom. The van der Waals surface area contributed by atoms with E-state index in [0.717, 1.165) is 12.1 Å². The Morgan fingerprint density at radius 3 is 2.48 bits per heavy atom. The van der Waals surface area contributed by atoms with E-state index in [2.05, 4.69) is 17.3 Å². The van der Waals surface area contributed by atoms with Gasteiger partial charge in [-0.3, -0.25) is 4.79 Å². The molecule has 1 aliphatic rings. The zero-order valence-electron chi connectivity index (χ0n) is 12.7. The minimum absolute atomic E-state index is 0. The van der Waals surface area contributed by atoms with Crippen molar-refractivity contribution in [2.45, 2.75) is 38.3 Å². The molecule has 3 N–H and O–H groups in total. The molecule has 1 aliphatic carbocycles. The van der Waals surface area contributed by atoms with Gasteiger partial charge in [0.05, 0.1) is 0 Å². The Kier molecular flexibility index (Phi) is 7.72. The van der Waals surface area contributed by atoms with Gasteiger partial charge >= 0.3 is 0 Å². The number of hydrogen-bond acceptors (Lipinski definition) is 3. The van der Waals surface area contributed by atoms with E-state index in [1.807, 2.05) is 24.3 Å². The lowest BCUT2D eigenvalue weighted by molar-refractivity contribution is 0.0947. The molecular weight excluding hydrogens is 286 g/mol. The second-order valence-electron chi connectivity index (χ2n) is 5.58. The standard InChI is InChI=1S/C16H25N3O.ClH/c1-19(15-4-2-3-5-15)11-10-18-16(20)14-8-6-13(12-17)7-9-14;/h6-9,15H,2-5,10-12,17H2,1H3,(H,18,20);1H. The summed E-state index contributed by atoms with van der Waals surface area (Å²) in [6.07, 6.45) is 5.28. The first kappa shape index (κ1) is 18.0. The van der Waals surface area contributed by atoms with E-state index in [0.29, 0.717) is 24.7 Å². The summed E-state index contributed by atoms with van der Waals surface area (Å²) >= 11 is 0. The summed E-state index contributed by atoms with van der Waals surface area (Å²) in [7, 11) is 2.15. The third-order valence-corrected chi connectivity index (χ3v) is 4.15. The SMILES string of the molecule is CN(CCNC(=O)c1ccc(CN)cc1)C1CCCC1.Cl. The number of carbonyl (C=O) groups excluding carboxylic acids is 1. The van der Waals surface area contributed by atoms with E-state index >= 15 is 0 Å². The first-order valence-electron chi connectivity index (χ1n) is 7.48. The van der Waals surface area contributed by atoms with Crippen LogP contribution in [-0.4, -0.2) is 37.0 Å². The molecule has 0 heterocycles. The van der Waals surface area contributed by atoms with Crippen molar-refractivity contribution in [2.75, 3.05) is 20.1 Å². The first-order chi connectivity index (χ1) is 9.70. The average Bonchev–Trinajstić information content (AvgIpc) is 3.01. The molecule has 1 aromatic rings. The Balaban J connectivity index is 0.00000220. The lowest BCUT2D eigenvalue weighted by Crippen LogP contribution is -2.37. The maximum atomic E-state index is 12.0. The highest BCUT2D eigenvalue weighted by Gasteiger charge is 2.19. The molecule has 1 aromatic carbocycles. The Bertz CT molecular complexity index is 430. The van der Waals surface area contributed by atoms with Crippen molar-refractivity contribution >= 4 is 18.3 Å². The second kappa shape index (κ2) is 9.03. The molecule has 0 aliphatic heterocycles. The molecule has 0 saturated heterocycles. The zero-order chi connectivity index (χ0) is 14.4. The van der Waals surface area contributed by atoms with Gasteiger partial charge in [-0.15, -0.1) is 12.4 Å². The first-order valence-corrected chi connectivity index (χ1v) is 7.48. The highest BCUT2D eigenvalue weighted by atomic mass is 35.5. The van der Waals surface area contributed by atoms with Gasteiger partial charge in [0.1, 0.15) is 0 Å². The lowest BCUT2D eigenvalue weighted by atomic mass is 10.1. The topological polar surface area (TPSA) is 58.4 Å². The Labute approximate surface area is 133 Å². The van der Waals surface area contributed by atoms with E-state index in [1.165, 1.54) is 25.7 Å². The van der Waals surface area contributed by atoms with Crippen LogP contribution in [0.15, 0.2) is 24.3 Å². The van der Waals surface area contributed by atoms with Crippen LogP contribution in [0.25, 0.3) is 0 Å². The molecule has 2 rings (SSSR count). The van der Waals surface area contributed by atoms with Crippen LogP contribution in [0.4, 0.5) is 0 Å². The smallest absolute Gasteiger partial charge is 0.251 e. The normalized spacial score (nSPS) is 15.0. The second-order valence-corrected chi connectivity index (χ2v) is 5.58. The molecule has 5 heteroatoms. The predicted molar refractivity (Wildman–Crippen MR) is 88.8 cm³/mol. The molecule has 118 valence electrons. The van der Waals surface area contributed by atoms with Gasteiger partial charge in [0.25, 0.3) is 5.91 Å². The largest absolute Gasteiger partial charge is 0.351 e. The van der Waals surface area contributed by atoms with Crippen LogP contribution in [0.5, 0.6) is 0 Å². The molecule has 0 radical (unpaired) electrons. The maximum absolute atomic E-state index is 12.0. The molecule has 1 amide bonds. The Hall–Kier alpha value is -1.10. The van der Waals surface area contributed by atoms with Crippen LogP contribution in [0, 0.1) is 0 Å². The summed E-state index contributed by atoms with van der Waals surface area (Å²) in [5, 5.41) is 2.98. The number of hydrogen-bond donors (Lipinski definition) is 2. The molecule has 0 atom stereocenters. The maximum Gasteiger partial charge on any atom is 0.251 e. The van der Waals surface area contributed by atoms with Gasteiger partial charge in [-0.2, -0.15) is 0 Å². The molecular formula is C16H26ClN3O. The van der Waals surface area contributed by atoms with E-state index < -0.39 is 0 Å². The van der Waals surface area contributed by atoms with E-state index in [1.54, 1.807) is 0 Å². The zero-order valence-corrected chi connectivity index (χ0v) is 13.5. The van der Waals surface area contributed by atoms with Crippen LogP contribution >= 0.6 is 12.4 Å². The molecule has 0 aromatic heterocycles. The summed E-state index contributed by atoms with van der Waals surface area (Å²) in [4.78, 5) is 14.4. The van der Waals surface area contributed by atoms with Crippen LogP contribution in [-0.2, 0) is 6.54 Å². The highest BCUT2D eigenvalue weighted by Crippen LogP contribution is 2.21. The number of amides is 1. The number of benzene rings is 1. The third kappa shape index (κ3) is 5.30. The van der Waals surface area contributed by atoms with E-state index in [9.17, 15) is 4.79 Å². The van der Waals surface area contributed by atoms with Crippen LogP contribution in [0.1, 0.15) is 41.6 Å². The summed E-state index contributed by atoms with van der Waals surface area (Å²) in [6.45, 7) is 2.12. The number of nitrogens with two attached hydrogens (primary N) is 1. The summed E-state index contributed by atoms with van der Waals surface area (Å²) < 4.78 is 0. The highest BCUT2D eigenvalue weighted by molar-refractivity contribution is 5.94. The van der Waals surface area contributed by atoms with Crippen molar-refractivity contribution in [3.05, 3.63) is 35.4 Å². The third-order valence-electron chi connectivity index (χ3n) is 4.15. The molecule has 4 nitrogen and oxygen atoms in total. The molecule has 0 unspecified atom stereocenters. The number of nitrogens with zero attached hydrogens (tertiary/aromatic N) is 1. The van der Waals surface area contributed by atoms with Crippen LogP contribution in [0.2, 0.25) is 0 Å². The fraction of sp³-hybridized carbons (Fsp3) is 0.562. The van der Waals surface area contributed by atoms with Crippen molar-refractivity contribution in [1.29, 1.82) is 0 Å². The Morgan fingerprint density at radius 2 is 1.90 bits per heavy atom. The van der Waals surface area contributed by atoms with Crippen molar-refractivity contribution in [2.24, 2.45) is 5.73 Å². The number of halogens is 1. The van der Waals surface area contributed by atoms with Crippen molar-refractivity contribution < 1.29 is 4.79 Å². The van der Waals surface area contributed by atoms with E-state index in [-0.39, 0.29) is 18.3 Å². The minimum Gasteiger partial charge on any atom is -0.351 e. The van der Waals surface area contributed by atoms with Crippen molar-refractivity contribution in [1.82, 2.24) is 10.2 Å². The van der Waals surface area contributed by atoms with Gasteiger partial charge in [0.15, 0.2) is 0 Å². The van der Waals surface area contributed by atoms with Crippen LogP contribution < -0.4 is 11.1 Å². The predicted octanol–water partition coefficient (Wildman–Crippen LogP) is 2.17. The number of carbonyl (C=O) groups is 1. The van der Waals surface area contributed by atoms with Gasteiger partial charge < -0.3 is 16.0 Å². The number of nitrogens with one attached hydrogen (secondary N) is 1. The van der Waals surface area contributed by atoms with Gasteiger partial charge in [-0.1, -0.05) is 25.0 Å². The van der Waals surface area contributed by atoms with Crippen molar-refractivity contribution in [3.8, 4) is 0 Å². The number of likely N-dealkylation sites (N-methyl/N-ethyl adjacent to an activating group) is 1. The van der Waals surface area contributed by atoms with Gasteiger partial charge in [-0.25, -0.2) is 0 Å². The fourth-order valence-corrected chi connectivity index (χ4v) is 2.77. The quantitative estimate of drug-likeness (QED) is 0.846. The lowest BCUT2D eigenvalue weighted by Gasteiger charge is -2.23. The molecule has 0 bridgehead atoms. The van der Waals surface area contributed by atoms with E-state index in [4.69, 9.17) is 5.73 Å². The summed E-state index contributed by atoms with van der Waals surface area (Å²) in [5.41, 5.74) is 7.29. The monoisotopic (exact) mass is 311 g/mol. The minimum atomic E-state index is -0.00612. The van der Waals surface area contributed by atoms with Gasteiger partial charge in [-0.05, 0) is 37.6 Å². The van der Waals surface area contributed by atoms with Gasteiger partial charge in [0.2, 0.25) is 0 Å². The molecule has 0 spiro atoms. The number of rotatable bonds is 6. The molecule has 1 saturated carbocycles. The molecule has 1 fully saturated rings. The van der Waals surface area contributed by atoms with Crippen molar-refractivity contribution in [3.63, 3.8) is 0 Å². The molecule has 21 heavy (non-hydrogen) atoms. The summed E-state index contributed by atoms with van der Waals surface area (Å²) in [6, 6.07) is 8.17. The summed E-state index contributed by atoms with van der Waals surface area (Å²) in [5.74, 6) is -0.00612. The van der Waals surface area contributed by atoms with Gasteiger partial charge in [0, 0.05) is 31.2 Å².